The summed E-state index contributed by atoms with van der Waals surface area (Å²) in [4.78, 5) is 29.4. The maximum atomic E-state index is 12.8. The number of fused-ring (bicyclic) bond motifs is 3. The molecule has 0 aliphatic carbocycles. The maximum Gasteiger partial charge on any atom is 0.300 e. The van der Waals surface area contributed by atoms with E-state index in [4.69, 9.17) is 25.1 Å². The van der Waals surface area contributed by atoms with Crippen LogP contribution in [0.15, 0.2) is 47.4 Å². The summed E-state index contributed by atoms with van der Waals surface area (Å²) in [5.41, 5.74) is 9.01. The number of nitrogens with two attached hydrogens (primary N) is 1. The Morgan fingerprint density at radius 2 is 1.94 bits per heavy atom. The fourth-order valence-corrected chi connectivity index (χ4v) is 3.71. The molecule has 2 aromatic carbocycles. The highest BCUT2D eigenvalue weighted by molar-refractivity contribution is 5.96. The van der Waals surface area contributed by atoms with Crippen molar-refractivity contribution in [1.82, 2.24) is 14.5 Å². The van der Waals surface area contributed by atoms with Gasteiger partial charge < -0.3 is 29.9 Å². The molecule has 9 heteroatoms. The summed E-state index contributed by atoms with van der Waals surface area (Å²) in [7, 11) is 0. The van der Waals surface area contributed by atoms with E-state index < -0.39 is 5.97 Å². The molecule has 3 heterocycles. The molecule has 0 saturated heterocycles. The molecule has 9 nitrogen and oxygen atoms in total. The number of hydrogen-bond acceptors (Lipinski definition) is 6. The van der Waals surface area contributed by atoms with Crippen molar-refractivity contribution in [3.8, 4) is 22.8 Å². The van der Waals surface area contributed by atoms with E-state index in [0.29, 0.717) is 34.8 Å². The molecule has 1 aliphatic heterocycles. The second kappa shape index (κ2) is 9.11. The number of benzene rings is 2. The molecule has 0 amide bonds. The van der Waals surface area contributed by atoms with Gasteiger partial charge in [0, 0.05) is 48.3 Å². The average molecular weight is 436 g/mol. The van der Waals surface area contributed by atoms with Crippen molar-refractivity contribution in [1.29, 1.82) is 0 Å². The van der Waals surface area contributed by atoms with Gasteiger partial charge in [0.25, 0.3) is 11.5 Å². The number of carboxylic acid groups (broad SMARTS) is 1. The summed E-state index contributed by atoms with van der Waals surface area (Å²) < 4.78 is 13.0. The molecule has 0 saturated carbocycles. The fraction of sp³-hybridized carbons (Fsp3) is 0.261. The van der Waals surface area contributed by atoms with Crippen molar-refractivity contribution in [2.45, 2.75) is 26.3 Å². The lowest BCUT2D eigenvalue weighted by atomic mass is 10.1. The van der Waals surface area contributed by atoms with Crippen LogP contribution < -0.4 is 20.8 Å². The quantitative estimate of drug-likeness (QED) is 0.410. The van der Waals surface area contributed by atoms with Crippen molar-refractivity contribution in [3.05, 3.63) is 52.9 Å². The molecule has 166 valence electrons. The number of nitrogens with one attached hydrogen (secondary N) is 1. The van der Waals surface area contributed by atoms with Crippen molar-refractivity contribution >= 4 is 27.9 Å². The molecular formula is C23H24N4O5. The number of carboxylic acids is 1. The number of nitrogens with zero attached hydrogens (tertiary/aromatic N) is 2. The molecular weight excluding hydrogens is 412 g/mol. The van der Waals surface area contributed by atoms with Crippen LogP contribution in [-0.4, -0.2) is 38.9 Å². The Morgan fingerprint density at radius 1 is 1.22 bits per heavy atom. The Kier molecular flexibility index (Phi) is 6.09. The number of aryl methyl sites for hydroxylation is 1. The van der Waals surface area contributed by atoms with Crippen molar-refractivity contribution in [2.24, 2.45) is 5.73 Å². The highest BCUT2D eigenvalue weighted by Crippen LogP contribution is 2.35. The van der Waals surface area contributed by atoms with E-state index in [1.165, 1.54) is 0 Å². The summed E-state index contributed by atoms with van der Waals surface area (Å²) >= 11 is 0. The van der Waals surface area contributed by atoms with Gasteiger partial charge in [-0.05, 0) is 25.5 Å². The maximum absolute atomic E-state index is 12.8. The van der Waals surface area contributed by atoms with Crippen LogP contribution in [0.1, 0.15) is 19.8 Å². The standard InChI is InChI=1S/C21H20N4O3.C2H4O2/c22-7-3-4-8-25-11-14(13-5-1-2-6-17(13)25)20-21(26)24-16-10-19-18(27-12-28-19)9-15(16)23-20;1-2(3)4/h1-2,5-6,9-11H,3-4,7-8,12,22H2,(H,24,26);1H3,(H,3,4). The Hall–Kier alpha value is -3.85. The predicted octanol–water partition coefficient (Wildman–Crippen LogP) is 3.10. The third kappa shape index (κ3) is 4.28. The highest BCUT2D eigenvalue weighted by atomic mass is 16.7. The molecule has 0 spiro atoms. The van der Waals surface area contributed by atoms with Gasteiger partial charge in [-0.15, -0.1) is 0 Å². The summed E-state index contributed by atoms with van der Waals surface area (Å²) in [6.45, 7) is 2.79. The Bertz CT molecular complexity index is 1340. The molecule has 0 atom stereocenters. The minimum atomic E-state index is -0.833. The molecule has 1 aliphatic rings. The van der Waals surface area contributed by atoms with Gasteiger partial charge in [0.05, 0.1) is 11.0 Å². The van der Waals surface area contributed by atoms with Gasteiger partial charge in [-0.2, -0.15) is 0 Å². The normalized spacial score (nSPS) is 12.1. The molecule has 0 radical (unpaired) electrons. The molecule has 2 aromatic heterocycles. The van der Waals surface area contributed by atoms with Gasteiger partial charge in [0.2, 0.25) is 6.79 Å². The average Bonchev–Trinajstić information content (AvgIpc) is 3.36. The first-order chi connectivity index (χ1) is 15.5. The highest BCUT2D eigenvalue weighted by Gasteiger charge is 2.18. The predicted molar refractivity (Wildman–Crippen MR) is 121 cm³/mol. The summed E-state index contributed by atoms with van der Waals surface area (Å²) in [6.07, 6.45) is 3.96. The number of unbranched alkanes of at least 4 members (excludes halogenated alkanes) is 1. The van der Waals surface area contributed by atoms with Crippen LogP contribution in [0.5, 0.6) is 11.5 Å². The number of aromatic nitrogens is 3. The van der Waals surface area contributed by atoms with Gasteiger partial charge in [-0.1, -0.05) is 18.2 Å². The Labute approximate surface area is 183 Å². The second-order valence-corrected chi connectivity index (χ2v) is 7.41. The van der Waals surface area contributed by atoms with Gasteiger partial charge in [-0.25, -0.2) is 4.98 Å². The second-order valence-electron chi connectivity index (χ2n) is 7.41. The van der Waals surface area contributed by atoms with E-state index in [1.807, 2.05) is 24.4 Å². The number of hydrogen-bond donors (Lipinski definition) is 3. The van der Waals surface area contributed by atoms with Gasteiger partial charge in [0.1, 0.15) is 5.69 Å². The van der Waals surface area contributed by atoms with Crippen molar-refractivity contribution < 1.29 is 19.4 Å². The number of aliphatic carboxylic acids is 1. The minimum absolute atomic E-state index is 0.180. The van der Waals surface area contributed by atoms with Crippen LogP contribution >= 0.6 is 0 Å². The zero-order chi connectivity index (χ0) is 22.7. The lowest BCUT2D eigenvalue weighted by Gasteiger charge is -2.04. The number of carbonyl (C=O) groups is 1. The summed E-state index contributed by atoms with van der Waals surface area (Å²) in [5, 5.41) is 8.42. The van der Waals surface area contributed by atoms with Crippen LogP contribution in [0, 0.1) is 0 Å². The first kappa shape index (κ1) is 21.4. The minimum Gasteiger partial charge on any atom is -0.481 e. The third-order valence-electron chi connectivity index (χ3n) is 5.08. The van der Waals surface area contributed by atoms with Gasteiger partial charge in [0.15, 0.2) is 11.5 Å². The number of rotatable bonds is 5. The first-order valence-electron chi connectivity index (χ1n) is 10.3. The Morgan fingerprint density at radius 3 is 2.69 bits per heavy atom. The van der Waals surface area contributed by atoms with E-state index in [0.717, 1.165) is 42.8 Å². The van der Waals surface area contributed by atoms with Gasteiger partial charge in [-0.3, -0.25) is 9.59 Å². The smallest absolute Gasteiger partial charge is 0.300 e. The lowest BCUT2D eigenvalue weighted by Crippen LogP contribution is -2.11. The van der Waals surface area contributed by atoms with E-state index in [1.54, 1.807) is 12.1 Å². The fourth-order valence-electron chi connectivity index (χ4n) is 3.71. The molecule has 4 N–H and O–H groups in total. The first-order valence-corrected chi connectivity index (χ1v) is 10.3. The number of aromatic amines is 1. The van der Waals surface area contributed by atoms with E-state index >= 15 is 0 Å². The van der Waals surface area contributed by atoms with Crippen molar-refractivity contribution in [3.63, 3.8) is 0 Å². The van der Waals surface area contributed by atoms with Crippen LogP contribution in [-0.2, 0) is 11.3 Å². The number of ether oxygens (including phenoxy) is 2. The largest absolute Gasteiger partial charge is 0.481 e. The molecule has 4 aromatic rings. The summed E-state index contributed by atoms with van der Waals surface area (Å²) in [5.74, 6) is 0.427. The van der Waals surface area contributed by atoms with E-state index in [-0.39, 0.29) is 12.4 Å². The molecule has 32 heavy (non-hydrogen) atoms. The van der Waals surface area contributed by atoms with Gasteiger partial charge >= 0.3 is 0 Å². The zero-order valence-corrected chi connectivity index (χ0v) is 17.6. The zero-order valence-electron chi connectivity index (χ0n) is 17.6. The lowest BCUT2D eigenvalue weighted by molar-refractivity contribution is -0.134. The molecule has 0 unspecified atom stereocenters. The van der Waals surface area contributed by atoms with E-state index in [2.05, 4.69) is 20.6 Å². The molecule has 0 fully saturated rings. The van der Waals surface area contributed by atoms with Crippen LogP contribution in [0.2, 0.25) is 0 Å². The summed E-state index contributed by atoms with van der Waals surface area (Å²) in [6, 6.07) is 11.6. The topological polar surface area (TPSA) is 132 Å². The number of H-pyrrole nitrogens is 1. The van der Waals surface area contributed by atoms with E-state index in [9.17, 15) is 4.79 Å². The monoisotopic (exact) mass is 436 g/mol. The molecule has 5 rings (SSSR count). The Balaban J connectivity index is 0.000000567. The SMILES string of the molecule is CC(=O)O.NCCCCn1cc(-c2nc3cc4c(cc3[nH]c2=O)OCO4)c2ccccc21. The van der Waals surface area contributed by atoms with Crippen LogP contribution in [0.25, 0.3) is 33.2 Å². The third-order valence-corrected chi connectivity index (χ3v) is 5.08. The number of para-hydroxylation sites is 1. The molecule has 0 bridgehead atoms. The van der Waals surface area contributed by atoms with Crippen LogP contribution in [0.4, 0.5) is 0 Å². The van der Waals surface area contributed by atoms with Crippen molar-refractivity contribution in [2.75, 3.05) is 13.3 Å². The van der Waals surface area contributed by atoms with Crippen LogP contribution in [0.3, 0.4) is 0 Å².